The van der Waals surface area contributed by atoms with E-state index >= 15 is 0 Å². The van der Waals surface area contributed by atoms with E-state index < -0.39 is 5.97 Å². The molecule has 0 saturated carbocycles. The second kappa shape index (κ2) is 8.82. The van der Waals surface area contributed by atoms with Gasteiger partial charge in [0, 0.05) is 16.6 Å². The normalized spacial score (nSPS) is 10.9. The van der Waals surface area contributed by atoms with Crippen LogP contribution in [0.1, 0.15) is 41.4 Å². The Balaban J connectivity index is 2.07. The van der Waals surface area contributed by atoms with Crippen LogP contribution in [-0.2, 0) is 11.2 Å². The molecule has 3 aromatic rings. The number of fused-ring (bicyclic) bond motifs is 1. The molecule has 0 atom stereocenters. The molecule has 152 valence electrons. The summed E-state index contributed by atoms with van der Waals surface area (Å²) in [6.07, 6.45) is 1.80. The molecule has 0 aliphatic rings. The van der Waals surface area contributed by atoms with Crippen LogP contribution in [0.4, 0.5) is 0 Å². The van der Waals surface area contributed by atoms with Gasteiger partial charge in [-0.05, 0) is 55.3 Å². The van der Waals surface area contributed by atoms with Crippen LogP contribution in [0.15, 0.2) is 42.5 Å². The minimum absolute atomic E-state index is 0.171. The van der Waals surface area contributed by atoms with Gasteiger partial charge >= 0.3 is 5.97 Å². The van der Waals surface area contributed by atoms with Gasteiger partial charge in [0.15, 0.2) is 0 Å². The van der Waals surface area contributed by atoms with Crippen LogP contribution in [0.25, 0.3) is 10.9 Å². The molecule has 0 radical (unpaired) electrons. The molecule has 0 bridgehead atoms. The number of aromatic nitrogens is 1. The number of benzene rings is 2. The molecule has 0 aliphatic carbocycles. The van der Waals surface area contributed by atoms with E-state index in [-0.39, 0.29) is 12.3 Å². The van der Waals surface area contributed by atoms with Crippen LogP contribution in [0.2, 0.25) is 0 Å². The zero-order chi connectivity index (χ0) is 21.0. The maximum atomic E-state index is 13.3. The third-order valence-electron chi connectivity index (χ3n) is 4.92. The lowest BCUT2D eigenvalue weighted by Gasteiger charge is -2.10. The van der Waals surface area contributed by atoms with Crippen LogP contribution < -0.4 is 9.47 Å². The number of nitrogens with zero attached hydrogens (tertiary/aromatic N) is 1. The second-order valence-corrected chi connectivity index (χ2v) is 6.89. The number of carboxylic acids is 1. The predicted molar refractivity (Wildman–Crippen MR) is 111 cm³/mol. The Bertz CT molecular complexity index is 1050. The molecule has 3 rings (SSSR count). The zero-order valence-corrected chi connectivity index (χ0v) is 16.9. The number of carboxylic acid groups (broad SMARTS) is 1. The van der Waals surface area contributed by atoms with Crippen LogP contribution in [0.3, 0.4) is 0 Å². The number of ether oxygens (including phenoxy) is 2. The van der Waals surface area contributed by atoms with E-state index in [0.29, 0.717) is 45.8 Å². The SMILES string of the molecule is CCCCOc1cccc(C(=O)n2c(C)c(CC(=O)O)c3cc(OC)ccc32)c1. The van der Waals surface area contributed by atoms with Crippen LogP contribution in [-0.4, -0.2) is 35.3 Å². The number of rotatable bonds is 8. The van der Waals surface area contributed by atoms with Crippen molar-refractivity contribution in [1.29, 1.82) is 0 Å². The van der Waals surface area contributed by atoms with Crippen molar-refractivity contribution >= 4 is 22.8 Å². The Morgan fingerprint density at radius 2 is 1.90 bits per heavy atom. The molecule has 0 unspecified atom stereocenters. The average molecular weight is 395 g/mol. The Morgan fingerprint density at radius 1 is 1.10 bits per heavy atom. The maximum Gasteiger partial charge on any atom is 0.307 e. The van der Waals surface area contributed by atoms with Crippen molar-refractivity contribution in [3.8, 4) is 11.5 Å². The quantitative estimate of drug-likeness (QED) is 0.570. The van der Waals surface area contributed by atoms with Crippen LogP contribution in [0.5, 0.6) is 11.5 Å². The van der Waals surface area contributed by atoms with Gasteiger partial charge in [0.2, 0.25) is 0 Å². The van der Waals surface area contributed by atoms with E-state index in [0.717, 1.165) is 12.8 Å². The monoisotopic (exact) mass is 395 g/mol. The smallest absolute Gasteiger partial charge is 0.307 e. The fourth-order valence-corrected chi connectivity index (χ4v) is 3.41. The first-order valence-corrected chi connectivity index (χ1v) is 9.63. The van der Waals surface area contributed by atoms with Crippen molar-refractivity contribution < 1.29 is 24.2 Å². The highest BCUT2D eigenvalue weighted by Crippen LogP contribution is 2.31. The van der Waals surface area contributed by atoms with Crippen molar-refractivity contribution in [2.75, 3.05) is 13.7 Å². The number of aliphatic carboxylic acids is 1. The molecular formula is C23H25NO5. The number of carbonyl (C=O) groups excluding carboxylic acids is 1. The maximum absolute atomic E-state index is 13.3. The molecule has 1 heterocycles. The van der Waals surface area contributed by atoms with Gasteiger partial charge in [-0.3, -0.25) is 14.2 Å². The van der Waals surface area contributed by atoms with Gasteiger partial charge in [0.25, 0.3) is 5.91 Å². The number of hydrogen-bond donors (Lipinski definition) is 1. The van der Waals surface area contributed by atoms with Gasteiger partial charge in [-0.15, -0.1) is 0 Å². The lowest BCUT2D eigenvalue weighted by Crippen LogP contribution is -2.14. The summed E-state index contributed by atoms with van der Waals surface area (Å²) in [5.41, 5.74) is 2.35. The van der Waals surface area contributed by atoms with E-state index in [4.69, 9.17) is 9.47 Å². The van der Waals surface area contributed by atoms with Gasteiger partial charge < -0.3 is 14.6 Å². The van der Waals surface area contributed by atoms with E-state index in [9.17, 15) is 14.7 Å². The molecule has 6 heteroatoms. The van der Waals surface area contributed by atoms with Crippen molar-refractivity contribution in [1.82, 2.24) is 4.57 Å². The second-order valence-electron chi connectivity index (χ2n) is 6.89. The number of hydrogen-bond acceptors (Lipinski definition) is 4. The van der Waals surface area contributed by atoms with Gasteiger partial charge in [-0.1, -0.05) is 19.4 Å². The first-order valence-electron chi connectivity index (χ1n) is 9.63. The van der Waals surface area contributed by atoms with E-state index in [1.165, 1.54) is 0 Å². The molecule has 0 fully saturated rings. The lowest BCUT2D eigenvalue weighted by molar-refractivity contribution is -0.136. The minimum Gasteiger partial charge on any atom is -0.497 e. The largest absolute Gasteiger partial charge is 0.497 e. The number of methoxy groups -OCH3 is 1. The summed E-state index contributed by atoms with van der Waals surface area (Å²) >= 11 is 0. The highest BCUT2D eigenvalue weighted by molar-refractivity contribution is 6.05. The standard InChI is InChI=1S/C23H25NO5/c1-4-5-11-29-18-8-6-7-16(12-18)23(27)24-15(2)19(14-22(25)26)20-13-17(28-3)9-10-21(20)24/h6-10,12-13H,4-5,11,14H2,1-3H3,(H,25,26). The summed E-state index contributed by atoms with van der Waals surface area (Å²) in [4.78, 5) is 24.7. The zero-order valence-electron chi connectivity index (χ0n) is 16.9. The van der Waals surface area contributed by atoms with Crippen molar-refractivity contribution in [2.24, 2.45) is 0 Å². The summed E-state index contributed by atoms with van der Waals surface area (Å²) in [5.74, 6) is 0.0786. The summed E-state index contributed by atoms with van der Waals surface area (Å²) in [6, 6.07) is 12.4. The molecule has 0 saturated heterocycles. The van der Waals surface area contributed by atoms with Crippen molar-refractivity contribution in [3.05, 3.63) is 59.3 Å². The Morgan fingerprint density at radius 3 is 2.59 bits per heavy atom. The minimum atomic E-state index is -0.950. The first kappa shape index (κ1) is 20.5. The highest BCUT2D eigenvalue weighted by atomic mass is 16.5. The van der Waals surface area contributed by atoms with Crippen molar-refractivity contribution in [2.45, 2.75) is 33.1 Å². The lowest BCUT2D eigenvalue weighted by atomic mass is 10.1. The summed E-state index contributed by atoms with van der Waals surface area (Å²) < 4.78 is 12.6. The Hall–Kier alpha value is -3.28. The molecule has 2 aromatic carbocycles. The molecule has 0 spiro atoms. The number of unbranched alkanes of at least 4 members (excludes halogenated alkanes) is 1. The topological polar surface area (TPSA) is 77.8 Å². The first-order chi connectivity index (χ1) is 14.0. The van der Waals surface area contributed by atoms with Crippen LogP contribution in [0, 0.1) is 6.92 Å². The summed E-state index contributed by atoms with van der Waals surface area (Å²) in [5, 5.41) is 10.0. The molecule has 29 heavy (non-hydrogen) atoms. The molecular weight excluding hydrogens is 370 g/mol. The number of carbonyl (C=O) groups is 2. The highest BCUT2D eigenvalue weighted by Gasteiger charge is 2.22. The summed E-state index contributed by atoms with van der Waals surface area (Å²) in [7, 11) is 1.55. The molecule has 1 aromatic heterocycles. The average Bonchev–Trinajstić information content (AvgIpc) is 2.98. The molecule has 6 nitrogen and oxygen atoms in total. The van der Waals surface area contributed by atoms with E-state index in [1.807, 2.05) is 6.07 Å². The molecule has 0 aliphatic heterocycles. The van der Waals surface area contributed by atoms with E-state index in [2.05, 4.69) is 6.92 Å². The van der Waals surface area contributed by atoms with E-state index in [1.54, 1.807) is 55.0 Å². The van der Waals surface area contributed by atoms with Gasteiger partial charge in [-0.2, -0.15) is 0 Å². The third-order valence-corrected chi connectivity index (χ3v) is 4.92. The Kier molecular flexibility index (Phi) is 6.22. The predicted octanol–water partition coefficient (Wildman–Crippen LogP) is 4.45. The fourth-order valence-electron chi connectivity index (χ4n) is 3.41. The molecule has 0 amide bonds. The van der Waals surface area contributed by atoms with Gasteiger partial charge in [-0.25, -0.2) is 0 Å². The fraction of sp³-hybridized carbons (Fsp3) is 0.304. The van der Waals surface area contributed by atoms with Gasteiger partial charge in [0.1, 0.15) is 11.5 Å². The summed E-state index contributed by atoms with van der Waals surface area (Å²) in [6.45, 7) is 4.46. The van der Waals surface area contributed by atoms with Gasteiger partial charge in [0.05, 0.1) is 25.7 Å². The Labute approximate surface area is 169 Å². The molecule has 1 N–H and O–H groups in total. The van der Waals surface area contributed by atoms with Crippen molar-refractivity contribution in [3.63, 3.8) is 0 Å². The van der Waals surface area contributed by atoms with Crippen LogP contribution >= 0.6 is 0 Å². The third kappa shape index (κ3) is 4.26.